The molecule has 3 atom stereocenters. The average molecular weight is 257 g/mol. The summed E-state index contributed by atoms with van der Waals surface area (Å²) >= 11 is 0. The maximum absolute atomic E-state index is 11.4. The molecule has 2 rings (SSSR count). The van der Waals surface area contributed by atoms with Gasteiger partial charge in [-0.2, -0.15) is 0 Å². The van der Waals surface area contributed by atoms with Gasteiger partial charge in [-0.1, -0.05) is 6.92 Å². The van der Waals surface area contributed by atoms with Crippen LogP contribution in [0.2, 0.25) is 0 Å². The van der Waals surface area contributed by atoms with Crippen molar-refractivity contribution in [1.29, 1.82) is 0 Å². The first kappa shape index (κ1) is 13.8. The van der Waals surface area contributed by atoms with Crippen LogP contribution in [-0.2, 0) is 14.3 Å². The molecule has 0 amide bonds. The molecule has 1 aliphatic heterocycles. The third-order valence-corrected chi connectivity index (χ3v) is 3.94. The van der Waals surface area contributed by atoms with Crippen LogP contribution in [-0.4, -0.2) is 48.6 Å². The van der Waals surface area contributed by atoms with Crippen molar-refractivity contribution in [3.63, 3.8) is 0 Å². The van der Waals surface area contributed by atoms with E-state index in [0.29, 0.717) is 26.0 Å². The Hall–Kier alpha value is -0.650. The average Bonchev–Trinajstić information content (AvgIpc) is 2.96. The van der Waals surface area contributed by atoms with Crippen LogP contribution in [0, 0.1) is 0 Å². The molecular formula is C13H23NO4. The van der Waals surface area contributed by atoms with Gasteiger partial charge in [-0.15, -0.1) is 0 Å². The Kier molecular flexibility index (Phi) is 4.59. The van der Waals surface area contributed by atoms with E-state index >= 15 is 0 Å². The molecule has 0 aromatic carbocycles. The number of aliphatic carboxylic acids is 1. The van der Waals surface area contributed by atoms with Crippen LogP contribution in [0.25, 0.3) is 0 Å². The molecule has 3 unspecified atom stereocenters. The fourth-order valence-corrected chi connectivity index (χ4v) is 2.93. The van der Waals surface area contributed by atoms with Gasteiger partial charge in [-0.05, 0) is 32.2 Å². The molecule has 104 valence electrons. The summed E-state index contributed by atoms with van der Waals surface area (Å²) in [6, 6.07) is 0. The number of carboxylic acid groups (broad SMARTS) is 1. The smallest absolute Gasteiger partial charge is 0.323 e. The van der Waals surface area contributed by atoms with Crippen molar-refractivity contribution < 1.29 is 19.4 Å². The molecule has 2 N–H and O–H groups in total. The van der Waals surface area contributed by atoms with Crippen LogP contribution in [0.15, 0.2) is 0 Å². The van der Waals surface area contributed by atoms with E-state index in [2.05, 4.69) is 5.32 Å². The third-order valence-electron chi connectivity index (χ3n) is 3.94. The van der Waals surface area contributed by atoms with Crippen LogP contribution in [0.5, 0.6) is 0 Å². The fraction of sp³-hybridized carbons (Fsp3) is 0.923. The zero-order valence-electron chi connectivity index (χ0n) is 11.0. The Morgan fingerprint density at radius 2 is 2.39 bits per heavy atom. The maximum atomic E-state index is 11.4. The predicted molar refractivity (Wildman–Crippen MR) is 66.6 cm³/mol. The van der Waals surface area contributed by atoms with Crippen LogP contribution in [0.4, 0.5) is 0 Å². The van der Waals surface area contributed by atoms with Gasteiger partial charge in [-0.3, -0.25) is 4.79 Å². The number of ether oxygens (including phenoxy) is 2. The summed E-state index contributed by atoms with van der Waals surface area (Å²) in [4.78, 5) is 11.4. The number of rotatable bonds is 6. The molecule has 2 aliphatic rings. The molecule has 0 spiro atoms. The highest BCUT2D eigenvalue weighted by Gasteiger charge is 2.45. The lowest BCUT2D eigenvalue weighted by molar-refractivity contribution is -0.145. The summed E-state index contributed by atoms with van der Waals surface area (Å²) in [6.45, 7) is 4.04. The lowest BCUT2D eigenvalue weighted by atomic mass is 9.98. The van der Waals surface area contributed by atoms with Crippen LogP contribution < -0.4 is 5.32 Å². The van der Waals surface area contributed by atoms with Gasteiger partial charge < -0.3 is 19.9 Å². The minimum absolute atomic E-state index is 0.0457. The summed E-state index contributed by atoms with van der Waals surface area (Å²) in [5.41, 5.74) is -0.782. The number of hydrogen-bond acceptors (Lipinski definition) is 4. The summed E-state index contributed by atoms with van der Waals surface area (Å²) < 4.78 is 11.3. The quantitative estimate of drug-likeness (QED) is 0.747. The Balaban J connectivity index is 1.80. The van der Waals surface area contributed by atoms with Crippen molar-refractivity contribution in [2.24, 2.45) is 0 Å². The van der Waals surface area contributed by atoms with E-state index in [1.165, 1.54) is 0 Å². The van der Waals surface area contributed by atoms with Gasteiger partial charge in [0.15, 0.2) is 0 Å². The van der Waals surface area contributed by atoms with Crippen LogP contribution in [0.3, 0.4) is 0 Å². The maximum Gasteiger partial charge on any atom is 0.323 e. The number of hydrogen-bond donors (Lipinski definition) is 2. The first-order valence-electron chi connectivity index (χ1n) is 6.88. The highest BCUT2D eigenvalue weighted by molar-refractivity contribution is 5.79. The SMILES string of the molecule is CCNC1(C(=O)O)CCC(OCC2CCCO2)C1. The highest BCUT2D eigenvalue weighted by atomic mass is 16.5. The van der Waals surface area contributed by atoms with Crippen LogP contribution >= 0.6 is 0 Å². The van der Waals surface area contributed by atoms with E-state index in [1.54, 1.807) is 0 Å². The summed E-state index contributed by atoms with van der Waals surface area (Å²) in [5, 5.41) is 12.5. The van der Waals surface area contributed by atoms with Gasteiger partial charge in [0.1, 0.15) is 5.54 Å². The predicted octanol–water partition coefficient (Wildman–Crippen LogP) is 1.17. The standard InChI is InChI=1S/C13H23NO4/c1-2-14-13(12(15)16)6-5-10(8-13)18-9-11-4-3-7-17-11/h10-11,14H,2-9H2,1H3,(H,15,16). The molecule has 1 aliphatic carbocycles. The molecule has 1 saturated carbocycles. The Morgan fingerprint density at radius 1 is 1.56 bits per heavy atom. The van der Waals surface area contributed by atoms with Crippen molar-refractivity contribution in [3.8, 4) is 0 Å². The second-order valence-electron chi connectivity index (χ2n) is 5.25. The van der Waals surface area contributed by atoms with Gasteiger partial charge >= 0.3 is 5.97 Å². The first-order chi connectivity index (χ1) is 8.66. The van der Waals surface area contributed by atoms with Gasteiger partial charge in [0, 0.05) is 13.0 Å². The van der Waals surface area contributed by atoms with Gasteiger partial charge in [0.05, 0.1) is 18.8 Å². The van der Waals surface area contributed by atoms with Crippen molar-refractivity contribution in [2.45, 2.75) is 56.8 Å². The van der Waals surface area contributed by atoms with Crippen molar-refractivity contribution >= 4 is 5.97 Å². The molecular weight excluding hydrogens is 234 g/mol. The zero-order valence-corrected chi connectivity index (χ0v) is 11.0. The lowest BCUT2D eigenvalue weighted by Gasteiger charge is -2.25. The Bertz CT molecular complexity index is 291. The highest BCUT2D eigenvalue weighted by Crippen LogP contribution is 2.32. The topological polar surface area (TPSA) is 67.8 Å². The minimum Gasteiger partial charge on any atom is -0.480 e. The molecule has 2 fully saturated rings. The molecule has 0 aromatic heterocycles. The first-order valence-corrected chi connectivity index (χ1v) is 6.88. The monoisotopic (exact) mass is 257 g/mol. The van der Waals surface area contributed by atoms with E-state index in [4.69, 9.17) is 9.47 Å². The van der Waals surface area contributed by atoms with E-state index in [-0.39, 0.29) is 12.2 Å². The van der Waals surface area contributed by atoms with Crippen molar-refractivity contribution in [3.05, 3.63) is 0 Å². The number of likely N-dealkylation sites (N-methyl/N-ethyl adjacent to an activating group) is 1. The summed E-state index contributed by atoms with van der Waals surface area (Å²) in [7, 11) is 0. The van der Waals surface area contributed by atoms with E-state index < -0.39 is 11.5 Å². The molecule has 0 radical (unpaired) electrons. The molecule has 0 aromatic rings. The fourth-order valence-electron chi connectivity index (χ4n) is 2.93. The van der Waals surface area contributed by atoms with Gasteiger partial charge in [0.25, 0.3) is 0 Å². The van der Waals surface area contributed by atoms with Crippen molar-refractivity contribution in [2.75, 3.05) is 19.8 Å². The van der Waals surface area contributed by atoms with E-state index in [1.807, 2.05) is 6.92 Å². The summed E-state index contributed by atoms with van der Waals surface area (Å²) in [5.74, 6) is -0.757. The largest absolute Gasteiger partial charge is 0.480 e. The number of nitrogens with one attached hydrogen (secondary N) is 1. The zero-order chi connectivity index (χ0) is 13.0. The normalized spacial score (nSPS) is 36.1. The Labute approximate surface area is 108 Å². The minimum atomic E-state index is -0.782. The van der Waals surface area contributed by atoms with Gasteiger partial charge in [-0.25, -0.2) is 0 Å². The van der Waals surface area contributed by atoms with Crippen molar-refractivity contribution in [1.82, 2.24) is 5.32 Å². The van der Waals surface area contributed by atoms with E-state index in [9.17, 15) is 9.90 Å². The van der Waals surface area contributed by atoms with E-state index in [0.717, 1.165) is 25.9 Å². The number of carbonyl (C=O) groups is 1. The van der Waals surface area contributed by atoms with Gasteiger partial charge in [0.2, 0.25) is 0 Å². The molecule has 1 saturated heterocycles. The second kappa shape index (κ2) is 5.99. The lowest BCUT2D eigenvalue weighted by Crippen LogP contribution is -2.50. The second-order valence-corrected chi connectivity index (χ2v) is 5.25. The van der Waals surface area contributed by atoms with Crippen LogP contribution in [0.1, 0.15) is 39.0 Å². The molecule has 0 bridgehead atoms. The molecule has 18 heavy (non-hydrogen) atoms. The number of carboxylic acids is 1. The summed E-state index contributed by atoms with van der Waals surface area (Å²) in [6.07, 6.45) is 4.44. The Morgan fingerprint density at radius 3 is 3.00 bits per heavy atom. The molecule has 5 nitrogen and oxygen atoms in total. The third kappa shape index (κ3) is 3.02. The molecule has 5 heteroatoms. The molecule has 1 heterocycles.